The molecule has 0 N–H and O–H groups in total. The van der Waals surface area contributed by atoms with Gasteiger partial charge >= 0.3 is 5.97 Å². The topological polar surface area (TPSA) is 29.5 Å². The van der Waals surface area contributed by atoms with Crippen LogP contribution in [-0.2, 0) is 9.53 Å². The molecule has 1 aromatic carbocycles. The maximum atomic E-state index is 14.2. The van der Waals surface area contributed by atoms with Crippen molar-refractivity contribution in [1.29, 1.82) is 0 Å². The fraction of sp³-hybridized carbons (Fsp3) is 0.632. The Bertz CT molecular complexity index is 537. The number of esters is 1. The van der Waals surface area contributed by atoms with E-state index in [1.54, 1.807) is 13.0 Å². The molecule has 0 heterocycles. The predicted molar refractivity (Wildman–Crippen MR) is 98.3 cm³/mol. The van der Waals surface area contributed by atoms with Gasteiger partial charge in [0.25, 0.3) is 0 Å². The molecular formula is C19H29ClFNO2. The van der Waals surface area contributed by atoms with E-state index >= 15 is 0 Å². The van der Waals surface area contributed by atoms with Gasteiger partial charge in [-0.05, 0) is 45.2 Å². The highest BCUT2D eigenvalue weighted by Crippen LogP contribution is 2.29. The first-order chi connectivity index (χ1) is 11.2. The van der Waals surface area contributed by atoms with Crippen molar-refractivity contribution < 1.29 is 13.9 Å². The van der Waals surface area contributed by atoms with E-state index in [0.29, 0.717) is 22.8 Å². The second kappa shape index (κ2) is 9.26. The predicted octanol–water partition coefficient (Wildman–Crippen LogP) is 5.37. The van der Waals surface area contributed by atoms with E-state index in [2.05, 4.69) is 6.92 Å². The largest absolute Gasteiger partial charge is 0.461 e. The molecule has 0 amide bonds. The highest BCUT2D eigenvalue weighted by molar-refractivity contribution is 6.31. The van der Waals surface area contributed by atoms with Crippen molar-refractivity contribution in [1.82, 2.24) is 0 Å². The van der Waals surface area contributed by atoms with Crippen LogP contribution >= 0.6 is 11.6 Å². The van der Waals surface area contributed by atoms with Crippen molar-refractivity contribution >= 4 is 23.3 Å². The highest BCUT2D eigenvalue weighted by Gasteiger charge is 2.31. The maximum Gasteiger partial charge on any atom is 0.329 e. The third-order valence-electron chi connectivity index (χ3n) is 3.91. The molecule has 1 unspecified atom stereocenters. The van der Waals surface area contributed by atoms with Gasteiger partial charge in [-0.2, -0.15) is 0 Å². The van der Waals surface area contributed by atoms with Gasteiger partial charge in [0.05, 0.1) is 6.10 Å². The van der Waals surface area contributed by atoms with Gasteiger partial charge in [-0.15, -0.1) is 0 Å². The summed E-state index contributed by atoms with van der Waals surface area (Å²) in [5, 5.41) is 0.367. The molecule has 0 radical (unpaired) electrons. The Labute approximate surface area is 150 Å². The molecule has 0 aliphatic carbocycles. The molecule has 0 aliphatic heterocycles. The summed E-state index contributed by atoms with van der Waals surface area (Å²) < 4.78 is 19.6. The minimum absolute atomic E-state index is 0.0243. The first kappa shape index (κ1) is 20.8. The van der Waals surface area contributed by atoms with Crippen molar-refractivity contribution in [3.8, 4) is 0 Å². The van der Waals surface area contributed by atoms with E-state index in [4.69, 9.17) is 16.3 Å². The van der Waals surface area contributed by atoms with Crippen LogP contribution in [0.25, 0.3) is 0 Å². The van der Waals surface area contributed by atoms with E-state index in [9.17, 15) is 9.18 Å². The summed E-state index contributed by atoms with van der Waals surface area (Å²) in [6, 6.07) is 2.71. The van der Waals surface area contributed by atoms with Gasteiger partial charge in [-0.25, -0.2) is 9.18 Å². The molecular weight excluding hydrogens is 329 g/mol. The Kier molecular flexibility index (Phi) is 8.01. The molecule has 0 saturated carbocycles. The van der Waals surface area contributed by atoms with Crippen LogP contribution in [0.5, 0.6) is 0 Å². The van der Waals surface area contributed by atoms with Crippen LogP contribution in [0, 0.1) is 18.7 Å². The summed E-state index contributed by atoms with van der Waals surface area (Å²) in [5.74, 6) is -0.622. The smallest absolute Gasteiger partial charge is 0.329 e. The number of anilines is 1. The highest BCUT2D eigenvalue weighted by atomic mass is 35.5. The number of hydrogen-bond donors (Lipinski definition) is 0. The van der Waals surface area contributed by atoms with E-state index < -0.39 is 6.04 Å². The normalized spacial score (nSPS) is 12.6. The molecule has 0 bridgehead atoms. The lowest BCUT2D eigenvalue weighted by molar-refractivity contribution is -0.150. The second-order valence-corrected chi connectivity index (χ2v) is 7.16. The van der Waals surface area contributed by atoms with Crippen LogP contribution in [0.4, 0.5) is 10.1 Å². The third-order valence-corrected chi connectivity index (χ3v) is 4.30. The number of rotatable bonds is 8. The van der Waals surface area contributed by atoms with Gasteiger partial charge in [0.15, 0.2) is 0 Å². The van der Waals surface area contributed by atoms with Crippen molar-refractivity contribution in [2.45, 2.75) is 66.5 Å². The van der Waals surface area contributed by atoms with Crippen molar-refractivity contribution in [3.63, 3.8) is 0 Å². The zero-order valence-electron chi connectivity index (χ0n) is 15.5. The number of halogens is 2. The van der Waals surface area contributed by atoms with Gasteiger partial charge < -0.3 is 9.64 Å². The van der Waals surface area contributed by atoms with E-state index in [1.807, 2.05) is 32.6 Å². The summed E-state index contributed by atoms with van der Waals surface area (Å²) in [7, 11) is 0. The molecule has 3 nitrogen and oxygen atoms in total. The van der Waals surface area contributed by atoms with Gasteiger partial charge in [0.1, 0.15) is 11.9 Å². The number of hydrogen-bond acceptors (Lipinski definition) is 3. The fourth-order valence-electron chi connectivity index (χ4n) is 2.62. The molecule has 0 saturated heterocycles. The summed E-state index contributed by atoms with van der Waals surface area (Å²) in [4.78, 5) is 14.5. The van der Waals surface area contributed by atoms with Gasteiger partial charge in [-0.1, -0.05) is 38.8 Å². The standard InChI is InChI=1S/C19H29ClFNO2/c1-7-8-9-22(15-10-16(20)14(6)17(21)11-15)18(12(2)3)19(23)24-13(4)5/h10-13,18H,7-9H2,1-6H3. The van der Waals surface area contributed by atoms with Crippen LogP contribution in [0.15, 0.2) is 12.1 Å². The molecule has 5 heteroatoms. The Balaban J connectivity index is 3.28. The minimum Gasteiger partial charge on any atom is -0.461 e. The summed E-state index contributed by atoms with van der Waals surface area (Å²) in [6.45, 7) is 12.0. The van der Waals surface area contributed by atoms with Crippen LogP contribution in [0.1, 0.15) is 53.0 Å². The van der Waals surface area contributed by atoms with Gasteiger partial charge in [0, 0.05) is 22.8 Å². The Hall–Kier alpha value is -1.29. The minimum atomic E-state index is -0.475. The Morgan fingerprint density at radius 1 is 1.29 bits per heavy atom. The Morgan fingerprint density at radius 2 is 1.92 bits per heavy atom. The van der Waals surface area contributed by atoms with E-state index in [-0.39, 0.29) is 23.8 Å². The van der Waals surface area contributed by atoms with Gasteiger partial charge in [-0.3, -0.25) is 0 Å². The number of carbonyl (C=O) groups excluding carboxylic acids is 1. The molecule has 0 aromatic heterocycles. The monoisotopic (exact) mass is 357 g/mol. The lowest BCUT2D eigenvalue weighted by atomic mass is 10.0. The molecule has 136 valence electrons. The molecule has 0 spiro atoms. The number of ether oxygens (including phenoxy) is 1. The molecule has 24 heavy (non-hydrogen) atoms. The molecule has 0 aliphatic rings. The molecule has 1 rings (SSSR count). The molecule has 1 atom stereocenters. The zero-order chi connectivity index (χ0) is 18.4. The molecule has 0 fully saturated rings. The summed E-state index contributed by atoms with van der Waals surface area (Å²) in [6.07, 6.45) is 1.68. The Morgan fingerprint density at radius 3 is 2.38 bits per heavy atom. The SMILES string of the molecule is CCCCN(c1cc(F)c(C)c(Cl)c1)C(C(=O)OC(C)C)C(C)C. The average molecular weight is 358 g/mol. The van der Waals surface area contributed by atoms with Crippen molar-refractivity contribution in [2.75, 3.05) is 11.4 Å². The third kappa shape index (κ3) is 5.37. The molecule has 1 aromatic rings. The number of nitrogens with zero attached hydrogens (tertiary/aromatic N) is 1. The van der Waals surface area contributed by atoms with E-state index in [0.717, 1.165) is 12.8 Å². The van der Waals surface area contributed by atoms with E-state index in [1.165, 1.54) is 6.07 Å². The zero-order valence-corrected chi connectivity index (χ0v) is 16.3. The van der Waals surface area contributed by atoms with Crippen molar-refractivity contribution in [3.05, 3.63) is 28.5 Å². The number of benzene rings is 1. The van der Waals surface area contributed by atoms with Gasteiger partial charge in [0.2, 0.25) is 0 Å². The van der Waals surface area contributed by atoms with Crippen LogP contribution < -0.4 is 4.90 Å². The average Bonchev–Trinajstić information content (AvgIpc) is 2.47. The summed E-state index contributed by atoms with van der Waals surface area (Å²) >= 11 is 6.16. The van der Waals surface area contributed by atoms with Crippen LogP contribution in [-0.4, -0.2) is 24.7 Å². The maximum absolute atomic E-state index is 14.2. The lowest BCUT2D eigenvalue weighted by Gasteiger charge is -2.35. The van der Waals surface area contributed by atoms with Crippen LogP contribution in [0.3, 0.4) is 0 Å². The fourth-order valence-corrected chi connectivity index (χ4v) is 2.82. The first-order valence-corrected chi connectivity index (χ1v) is 8.99. The van der Waals surface area contributed by atoms with Crippen molar-refractivity contribution in [2.24, 2.45) is 5.92 Å². The lowest BCUT2D eigenvalue weighted by Crippen LogP contribution is -2.47. The quantitative estimate of drug-likeness (QED) is 0.586. The summed E-state index contributed by atoms with van der Waals surface area (Å²) in [5.41, 5.74) is 1.04. The first-order valence-electron chi connectivity index (χ1n) is 8.61. The number of carbonyl (C=O) groups is 1. The number of unbranched alkanes of at least 4 members (excludes halogenated alkanes) is 1. The second-order valence-electron chi connectivity index (χ2n) is 6.76. The van der Waals surface area contributed by atoms with Crippen LogP contribution in [0.2, 0.25) is 5.02 Å².